The molecule has 5 nitrogen and oxygen atoms in total. The summed E-state index contributed by atoms with van der Waals surface area (Å²) < 4.78 is 5.22. The third-order valence-electron chi connectivity index (χ3n) is 3.09. The van der Waals surface area contributed by atoms with Gasteiger partial charge in [0.2, 0.25) is 0 Å². The van der Waals surface area contributed by atoms with Gasteiger partial charge >= 0.3 is 6.23 Å². The number of ether oxygens (including phenoxy) is 1. The Morgan fingerprint density at radius 2 is 1.95 bits per heavy atom. The summed E-state index contributed by atoms with van der Waals surface area (Å²) in [6.45, 7) is 2.95. The Kier molecular flexibility index (Phi) is 3.57. The minimum Gasteiger partial charge on any atom is -0.434 e. The van der Waals surface area contributed by atoms with E-state index in [1.54, 1.807) is 31.2 Å². The highest BCUT2D eigenvalue weighted by atomic mass is 35.5. The Bertz CT molecular complexity index is 565. The topological polar surface area (TPSA) is 69.4 Å². The molecule has 0 aliphatic carbocycles. The Morgan fingerprint density at radius 3 is 2.42 bits per heavy atom. The van der Waals surface area contributed by atoms with Crippen LogP contribution in [0.15, 0.2) is 35.6 Å². The van der Waals surface area contributed by atoms with Gasteiger partial charge < -0.3 is 4.74 Å². The zero-order valence-electron chi connectivity index (χ0n) is 10.4. The first kappa shape index (κ1) is 13.5. The van der Waals surface area contributed by atoms with E-state index in [1.165, 1.54) is 6.92 Å². The van der Waals surface area contributed by atoms with Crippen molar-refractivity contribution in [3.05, 3.63) is 56.3 Å². The van der Waals surface area contributed by atoms with Gasteiger partial charge in [-0.2, -0.15) is 0 Å². The highest BCUT2D eigenvalue weighted by Gasteiger charge is 2.45. The molecule has 0 radical (unpaired) electrons. The van der Waals surface area contributed by atoms with E-state index in [2.05, 4.69) is 0 Å². The van der Waals surface area contributed by atoms with Gasteiger partial charge in [-0.25, -0.2) is 0 Å². The second kappa shape index (κ2) is 5.01. The van der Waals surface area contributed by atoms with Gasteiger partial charge in [-0.3, -0.25) is 14.9 Å². The summed E-state index contributed by atoms with van der Waals surface area (Å²) >= 11 is 5.80. The van der Waals surface area contributed by atoms with E-state index >= 15 is 0 Å². The molecule has 0 fully saturated rings. The standard InChI is InChI=1S/C13H12ClNO4/c1-7(16)11-8(2)19-13(15(17)18)12(11)9-3-5-10(14)6-4-9/h3-6,12-13H,1-2H3/t12-,13+/m1/s1. The number of ketones is 1. The Hall–Kier alpha value is -1.88. The number of nitro groups is 1. The quantitative estimate of drug-likeness (QED) is 0.631. The molecule has 19 heavy (non-hydrogen) atoms. The SMILES string of the molecule is CC(=O)C1=C(C)O[C@H]([N+](=O)[O-])[C@@H]1c1ccc(Cl)cc1. The fraction of sp³-hybridized carbons (Fsp3) is 0.308. The molecule has 1 aliphatic heterocycles. The van der Waals surface area contributed by atoms with E-state index in [9.17, 15) is 14.9 Å². The first-order valence-corrected chi connectivity index (χ1v) is 6.07. The maximum Gasteiger partial charge on any atom is 0.364 e. The molecule has 1 aromatic rings. The van der Waals surface area contributed by atoms with Gasteiger partial charge in [0.25, 0.3) is 0 Å². The summed E-state index contributed by atoms with van der Waals surface area (Å²) in [5.41, 5.74) is 0.997. The van der Waals surface area contributed by atoms with Crippen molar-refractivity contribution in [3.63, 3.8) is 0 Å². The lowest BCUT2D eigenvalue weighted by Gasteiger charge is -2.14. The predicted octanol–water partition coefficient (Wildman–Crippen LogP) is 2.92. The van der Waals surface area contributed by atoms with Crippen molar-refractivity contribution in [2.45, 2.75) is 26.0 Å². The number of rotatable bonds is 3. The van der Waals surface area contributed by atoms with Gasteiger partial charge in [0.15, 0.2) is 5.78 Å². The molecule has 0 aromatic heterocycles. The molecule has 0 N–H and O–H groups in total. The van der Waals surface area contributed by atoms with Crippen LogP contribution < -0.4 is 0 Å². The smallest absolute Gasteiger partial charge is 0.364 e. The molecule has 1 aliphatic rings. The van der Waals surface area contributed by atoms with Crippen LogP contribution in [0.4, 0.5) is 0 Å². The van der Waals surface area contributed by atoms with Gasteiger partial charge in [0, 0.05) is 5.02 Å². The summed E-state index contributed by atoms with van der Waals surface area (Å²) in [7, 11) is 0. The molecule has 0 bridgehead atoms. The molecule has 0 spiro atoms. The van der Waals surface area contributed by atoms with E-state index < -0.39 is 17.1 Å². The van der Waals surface area contributed by atoms with Crippen LogP contribution in [0.2, 0.25) is 5.02 Å². The maximum absolute atomic E-state index is 11.7. The molecule has 2 atom stereocenters. The van der Waals surface area contributed by atoms with Crippen LogP contribution in [0.1, 0.15) is 25.3 Å². The van der Waals surface area contributed by atoms with Gasteiger partial charge in [-0.15, -0.1) is 0 Å². The van der Waals surface area contributed by atoms with Crippen LogP contribution in [0.3, 0.4) is 0 Å². The van der Waals surface area contributed by atoms with E-state index in [0.717, 1.165) is 0 Å². The first-order chi connectivity index (χ1) is 8.91. The zero-order chi connectivity index (χ0) is 14.2. The minimum absolute atomic E-state index is 0.221. The van der Waals surface area contributed by atoms with Crippen molar-refractivity contribution in [1.29, 1.82) is 0 Å². The third-order valence-corrected chi connectivity index (χ3v) is 3.34. The van der Waals surface area contributed by atoms with Crippen molar-refractivity contribution in [2.75, 3.05) is 0 Å². The van der Waals surface area contributed by atoms with Gasteiger partial charge in [0.1, 0.15) is 11.7 Å². The Balaban J connectivity index is 2.50. The number of carbonyl (C=O) groups excluding carboxylic acids is 1. The van der Waals surface area contributed by atoms with Crippen LogP contribution in [0.25, 0.3) is 0 Å². The molecule has 2 rings (SSSR count). The van der Waals surface area contributed by atoms with E-state index in [0.29, 0.717) is 21.9 Å². The lowest BCUT2D eigenvalue weighted by atomic mass is 9.88. The number of hydrogen-bond donors (Lipinski definition) is 0. The van der Waals surface area contributed by atoms with Crippen molar-refractivity contribution in [3.8, 4) is 0 Å². The van der Waals surface area contributed by atoms with E-state index in [4.69, 9.17) is 16.3 Å². The molecule has 0 unspecified atom stereocenters. The molecule has 100 valence electrons. The summed E-state index contributed by atoms with van der Waals surface area (Å²) in [4.78, 5) is 22.3. The Labute approximate surface area is 115 Å². The lowest BCUT2D eigenvalue weighted by Crippen LogP contribution is -2.27. The minimum atomic E-state index is -1.26. The molecule has 0 saturated carbocycles. The van der Waals surface area contributed by atoms with Crippen molar-refractivity contribution < 1.29 is 14.5 Å². The van der Waals surface area contributed by atoms with Crippen molar-refractivity contribution >= 4 is 17.4 Å². The Morgan fingerprint density at radius 1 is 1.37 bits per heavy atom. The van der Waals surface area contributed by atoms with E-state index in [-0.39, 0.29) is 5.78 Å². The molecular weight excluding hydrogens is 270 g/mol. The highest BCUT2D eigenvalue weighted by Crippen LogP contribution is 2.39. The van der Waals surface area contributed by atoms with Crippen LogP contribution in [-0.2, 0) is 9.53 Å². The van der Waals surface area contributed by atoms with Gasteiger partial charge in [-0.1, -0.05) is 23.7 Å². The predicted molar refractivity (Wildman–Crippen MR) is 69.4 cm³/mol. The molecular formula is C13H12ClNO4. The molecule has 1 heterocycles. The van der Waals surface area contributed by atoms with E-state index in [1.807, 2.05) is 0 Å². The average molecular weight is 282 g/mol. The fourth-order valence-electron chi connectivity index (χ4n) is 2.31. The number of benzene rings is 1. The number of carbonyl (C=O) groups is 1. The summed E-state index contributed by atoms with van der Waals surface area (Å²) in [5, 5.41) is 11.6. The number of halogens is 1. The second-order valence-electron chi connectivity index (χ2n) is 4.35. The zero-order valence-corrected chi connectivity index (χ0v) is 11.2. The fourth-order valence-corrected chi connectivity index (χ4v) is 2.43. The van der Waals surface area contributed by atoms with Crippen LogP contribution in [0.5, 0.6) is 0 Å². The summed E-state index contributed by atoms with van der Waals surface area (Å²) in [5.74, 6) is -0.597. The number of nitrogens with zero attached hydrogens (tertiary/aromatic N) is 1. The second-order valence-corrected chi connectivity index (χ2v) is 4.79. The van der Waals surface area contributed by atoms with Crippen molar-refractivity contribution in [1.82, 2.24) is 0 Å². The summed E-state index contributed by atoms with van der Waals surface area (Å²) in [6.07, 6.45) is -1.26. The summed E-state index contributed by atoms with van der Waals surface area (Å²) in [6, 6.07) is 6.63. The normalized spacial score (nSPS) is 22.3. The first-order valence-electron chi connectivity index (χ1n) is 5.69. The van der Waals surface area contributed by atoms with Crippen molar-refractivity contribution in [2.24, 2.45) is 0 Å². The number of allylic oxidation sites excluding steroid dienone is 1. The van der Waals surface area contributed by atoms with Crippen LogP contribution in [-0.4, -0.2) is 16.9 Å². The average Bonchev–Trinajstić information content (AvgIpc) is 2.68. The van der Waals surface area contributed by atoms with Crippen LogP contribution >= 0.6 is 11.6 Å². The number of hydrogen-bond acceptors (Lipinski definition) is 4. The lowest BCUT2D eigenvalue weighted by molar-refractivity contribution is -0.570. The molecule has 0 saturated heterocycles. The van der Waals surface area contributed by atoms with Crippen LogP contribution in [0, 0.1) is 10.1 Å². The highest BCUT2D eigenvalue weighted by molar-refractivity contribution is 6.30. The molecule has 6 heteroatoms. The molecule has 0 amide bonds. The third kappa shape index (κ3) is 2.46. The van der Waals surface area contributed by atoms with Gasteiger partial charge in [0.05, 0.1) is 10.5 Å². The maximum atomic E-state index is 11.7. The molecule has 1 aromatic carbocycles. The largest absolute Gasteiger partial charge is 0.434 e. The number of Topliss-reactive ketones (excluding diaryl/α,β-unsaturated/α-hetero) is 1. The monoisotopic (exact) mass is 281 g/mol. The van der Waals surface area contributed by atoms with Gasteiger partial charge in [-0.05, 0) is 31.5 Å².